The Balaban J connectivity index is 0.000000585. The number of hydrogen-bond acceptors (Lipinski definition) is 7. The number of nitrogen functional groups attached to an aromatic ring is 2. The Kier molecular flexibility index (Phi) is 18.0. The van der Waals surface area contributed by atoms with Crippen LogP contribution in [0.25, 0.3) is 0 Å². The molecule has 0 amide bonds. The van der Waals surface area contributed by atoms with Crippen molar-refractivity contribution in [2.24, 2.45) is 0 Å². The summed E-state index contributed by atoms with van der Waals surface area (Å²) in [5.41, 5.74) is 15.6. The van der Waals surface area contributed by atoms with Crippen LogP contribution in [0.1, 0.15) is 31.9 Å². The summed E-state index contributed by atoms with van der Waals surface area (Å²) in [4.78, 5) is 22.3. The number of nitrogens with zero attached hydrogens (tertiary/aromatic N) is 3. The van der Waals surface area contributed by atoms with Gasteiger partial charge in [0.15, 0.2) is 0 Å². The Hall–Kier alpha value is -3.95. The summed E-state index contributed by atoms with van der Waals surface area (Å²) in [6.45, 7) is 10.1. The second-order valence-electron chi connectivity index (χ2n) is 7.39. The Morgan fingerprint density at radius 3 is 1.72 bits per heavy atom. The normalized spacial score (nSPS) is 9.05. The molecule has 206 valence electrons. The van der Waals surface area contributed by atoms with Crippen molar-refractivity contribution in [3.8, 4) is 23.9 Å². The third-order valence-electron chi connectivity index (χ3n) is 4.90. The minimum absolute atomic E-state index is 0.0124. The molecule has 0 saturated carbocycles. The molecule has 4 N–H and O–H groups in total. The zero-order valence-corrected chi connectivity index (χ0v) is 24.9. The molecule has 0 aliphatic carbocycles. The number of halogens is 1. The van der Waals surface area contributed by atoms with Gasteiger partial charge in [0.05, 0.1) is 15.4 Å². The molecule has 3 aromatic carbocycles. The Morgan fingerprint density at radius 2 is 1.31 bits per heavy atom. The lowest BCUT2D eigenvalue weighted by molar-refractivity contribution is -0.385. The number of nitro benzene ring substituents is 2. The van der Waals surface area contributed by atoms with Crippen LogP contribution in [0.3, 0.4) is 0 Å². The maximum absolute atomic E-state index is 10.7. The molecular formula is C28H33BrN5O4P. The van der Waals surface area contributed by atoms with Gasteiger partial charge in [-0.2, -0.15) is 0 Å². The van der Waals surface area contributed by atoms with Crippen LogP contribution in [0, 0.1) is 44.2 Å². The highest BCUT2D eigenvalue weighted by atomic mass is 79.9. The maximum Gasteiger partial charge on any atom is 0.270 e. The zero-order chi connectivity index (χ0) is 29.8. The fraction of sp³-hybridized carbons (Fsp3) is 0.214. The third kappa shape index (κ3) is 14.5. The van der Waals surface area contributed by atoms with Crippen LogP contribution >= 0.6 is 25.2 Å². The highest BCUT2D eigenvalue weighted by Crippen LogP contribution is 2.24. The first-order valence-corrected chi connectivity index (χ1v) is 13.1. The lowest BCUT2D eigenvalue weighted by atomic mass is 10.1. The SMILES string of the molecule is C#CP.CCN(CC)CC.Nc1ccc([N+](=O)[O-])cc1Br.Nc1ccc([N+](=O)[O-])cc1C#Cc1ccccc1. The molecule has 0 radical (unpaired) electrons. The van der Waals surface area contributed by atoms with E-state index in [1.807, 2.05) is 30.3 Å². The second kappa shape index (κ2) is 20.1. The van der Waals surface area contributed by atoms with E-state index in [2.05, 4.69) is 74.8 Å². The topological polar surface area (TPSA) is 142 Å². The number of rotatable bonds is 5. The Morgan fingerprint density at radius 1 is 0.846 bits per heavy atom. The van der Waals surface area contributed by atoms with E-state index in [1.165, 1.54) is 56.0 Å². The molecule has 9 nitrogen and oxygen atoms in total. The molecule has 0 aliphatic rings. The van der Waals surface area contributed by atoms with E-state index >= 15 is 0 Å². The summed E-state index contributed by atoms with van der Waals surface area (Å²) < 4.78 is 0.548. The van der Waals surface area contributed by atoms with Gasteiger partial charge < -0.3 is 16.4 Å². The van der Waals surface area contributed by atoms with Crippen molar-refractivity contribution in [2.45, 2.75) is 20.8 Å². The van der Waals surface area contributed by atoms with Gasteiger partial charge >= 0.3 is 0 Å². The number of terminal acetylenes is 1. The molecule has 0 heterocycles. The van der Waals surface area contributed by atoms with E-state index < -0.39 is 9.85 Å². The van der Waals surface area contributed by atoms with E-state index in [0.29, 0.717) is 21.4 Å². The zero-order valence-electron chi connectivity index (χ0n) is 22.1. The van der Waals surface area contributed by atoms with Gasteiger partial charge in [-0.25, -0.2) is 0 Å². The molecule has 0 aliphatic heterocycles. The van der Waals surface area contributed by atoms with E-state index in [-0.39, 0.29) is 11.4 Å². The van der Waals surface area contributed by atoms with Crippen LogP contribution in [0.4, 0.5) is 22.7 Å². The lowest BCUT2D eigenvalue weighted by Gasteiger charge is -2.13. The second-order valence-corrected chi connectivity index (χ2v) is 8.58. The van der Waals surface area contributed by atoms with Gasteiger partial charge in [0.2, 0.25) is 0 Å². The van der Waals surface area contributed by atoms with Crippen LogP contribution in [0.5, 0.6) is 0 Å². The lowest BCUT2D eigenvalue weighted by Crippen LogP contribution is -2.21. The molecular weight excluding hydrogens is 581 g/mol. The summed E-state index contributed by atoms with van der Waals surface area (Å²) in [5, 5.41) is 20.9. The van der Waals surface area contributed by atoms with Crippen molar-refractivity contribution < 1.29 is 9.85 Å². The molecule has 0 saturated heterocycles. The van der Waals surface area contributed by atoms with Crippen LogP contribution in [-0.4, -0.2) is 34.4 Å². The maximum atomic E-state index is 10.7. The summed E-state index contributed by atoms with van der Waals surface area (Å²) in [6, 6.07) is 17.8. The summed E-state index contributed by atoms with van der Waals surface area (Å²) in [7, 11) is 2.11. The number of nitro groups is 2. The van der Waals surface area contributed by atoms with E-state index in [1.54, 1.807) is 0 Å². The molecule has 0 bridgehead atoms. The van der Waals surface area contributed by atoms with Crippen LogP contribution < -0.4 is 11.5 Å². The molecule has 0 spiro atoms. The van der Waals surface area contributed by atoms with Crippen LogP contribution in [0.15, 0.2) is 71.2 Å². The van der Waals surface area contributed by atoms with Crippen molar-refractivity contribution >= 4 is 47.9 Å². The van der Waals surface area contributed by atoms with Gasteiger partial charge in [0.1, 0.15) is 0 Å². The van der Waals surface area contributed by atoms with Crippen molar-refractivity contribution in [2.75, 3.05) is 31.1 Å². The fourth-order valence-corrected chi connectivity index (χ4v) is 3.09. The predicted molar refractivity (Wildman–Crippen MR) is 167 cm³/mol. The molecule has 3 rings (SSSR count). The van der Waals surface area contributed by atoms with Crippen LogP contribution in [-0.2, 0) is 0 Å². The summed E-state index contributed by atoms with van der Waals surface area (Å²) in [5.74, 6) is 5.76. The minimum Gasteiger partial charge on any atom is -0.398 e. The van der Waals surface area contributed by atoms with Crippen molar-refractivity contribution in [1.82, 2.24) is 4.90 Å². The summed E-state index contributed by atoms with van der Waals surface area (Å²) in [6.07, 6.45) is 4.56. The molecule has 1 atom stereocenters. The monoisotopic (exact) mass is 613 g/mol. The highest BCUT2D eigenvalue weighted by Gasteiger charge is 2.07. The van der Waals surface area contributed by atoms with Gasteiger partial charge in [-0.1, -0.05) is 65.7 Å². The molecule has 39 heavy (non-hydrogen) atoms. The van der Waals surface area contributed by atoms with Crippen molar-refractivity contribution in [3.05, 3.63) is 103 Å². The quantitative estimate of drug-likeness (QED) is 0.113. The van der Waals surface area contributed by atoms with Gasteiger partial charge in [0.25, 0.3) is 11.4 Å². The fourth-order valence-electron chi connectivity index (χ4n) is 2.73. The minimum atomic E-state index is -0.468. The molecule has 3 aromatic rings. The number of nitrogens with two attached hydrogens (primary N) is 2. The molecule has 0 fully saturated rings. The number of hydrogen-bond donors (Lipinski definition) is 2. The van der Waals surface area contributed by atoms with Crippen molar-refractivity contribution in [3.63, 3.8) is 0 Å². The standard InChI is InChI=1S/C14H10N2O2.C6H5BrN2O2.C6H15N.C2H3P/c15-14-9-8-13(16(17)18)10-12(14)7-6-11-4-2-1-3-5-11;7-5-3-4(9(10)11)1-2-6(5)8;1-4-7(5-2)6-3;1-2-3/h1-5,8-10H,15H2;1-3H,8H2;4-6H2,1-3H3;1H,3H2. The largest absolute Gasteiger partial charge is 0.398 e. The number of benzene rings is 3. The van der Waals surface area contributed by atoms with Gasteiger partial charge in [0, 0.05) is 45.7 Å². The average Bonchev–Trinajstić information content (AvgIpc) is 2.92. The number of anilines is 2. The van der Waals surface area contributed by atoms with Crippen LogP contribution in [0.2, 0.25) is 0 Å². The van der Waals surface area contributed by atoms with Crippen molar-refractivity contribution in [1.29, 1.82) is 0 Å². The Labute approximate surface area is 240 Å². The van der Waals surface area contributed by atoms with Gasteiger partial charge in [-0.05, 0) is 59.8 Å². The molecule has 0 aromatic heterocycles. The van der Waals surface area contributed by atoms with E-state index in [0.717, 1.165) is 5.56 Å². The first kappa shape index (κ1) is 35.0. The molecule has 11 heteroatoms. The first-order valence-electron chi connectivity index (χ1n) is 11.7. The predicted octanol–water partition coefficient (Wildman–Crippen LogP) is 6.32. The number of non-ortho nitro benzene ring substituents is 2. The molecule has 1 unspecified atom stereocenters. The van der Waals surface area contributed by atoms with E-state index in [9.17, 15) is 20.2 Å². The summed E-state index contributed by atoms with van der Waals surface area (Å²) >= 11 is 3.08. The third-order valence-corrected chi connectivity index (χ3v) is 5.59. The smallest absolute Gasteiger partial charge is 0.270 e. The van der Waals surface area contributed by atoms with E-state index in [4.69, 9.17) is 11.5 Å². The first-order chi connectivity index (χ1) is 18.5. The van der Waals surface area contributed by atoms with Gasteiger partial charge in [-0.3, -0.25) is 20.2 Å². The highest BCUT2D eigenvalue weighted by molar-refractivity contribution is 9.10. The Bertz CT molecular complexity index is 1300. The average molecular weight is 614 g/mol. The van der Waals surface area contributed by atoms with Gasteiger partial charge in [-0.15, -0.1) is 6.42 Å².